The molecule has 5 nitrogen and oxygen atoms in total. The van der Waals surface area contributed by atoms with Gasteiger partial charge < -0.3 is 10.2 Å². The number of aromatic nitrogens is 1. The molecule has 1 aliphatic rings. The maximum Gasteiger partial charge on any atom is 0.216 e. The van der Waals surface area contributed by atoms with Gasteiger partial charge in [-0.15, -0.1) is 0 Å². The van der Waals surface area contributed by atoms with Crippen molar-refractivity contribution < 1.29 is 4.79 Å². The lowest BCUT2D eigenvalue weighted by Gasteiger charge is -2.34. The van der Waals surface area contributed by atoms with Crippen LogP contribution in [0.1, 0.15) is 6.92 Å². The highest BCUT2D eigenvalue weighted by Gasteiger charge is 2.20. The molecule has 0 saturated carbocycles. The summed E-state index contributed by atoms with van der Waals surface area (Å²) in [7, 11) is 0. The van der Waals surface area contributed by atoms with Crippen LogP contribution < -0.4 is 10.2 Å². The topological polar surface area (TPSA) is 48.5 Å². The number of nitrogens with zero attached hydrogens (tertiary/aromatic N) is 3. The van der Waals surface area contributed by atoms with E-state index in [4.69, 9.17) is 11.6 Å². The number of fused-ring (bicyclic) bond motifs is 1. The summed E-state index contributed by atoms with van der Waals surface area (Å²) in [6, 6.07) is 5.91. The van der Waals surface area contributed by atoms with Gasteiger partial charge in [0.1, 0.15) is 5.52 Å². The maximum atomic E-state index is 10.9. The normalized spacial score (nSPS) is 16.2. The number of anilines is 1. The van der Waals surface area contributed by atoms with Crippen LogP contribution in [0.2, 0.25) is 5.02 Å². The van der Waals surface area contributed by atoms with Crippen LogP contribution in [0.15, 0.2) is 18.2 Å². The lowest BCUT2D eigenvalue weighted by atomic mass is 10.3. The first kappa shape index (κ1) is 15.5. The number of benzene rings is 1. The monoisotopic (exact) mass is 338 g/mol. The van der Waals surface area contributed by atoms with E-state index >= 15 is 0 Å². The second-order valence-corrected chi connectivity index (χ2v) is 6.81. The number of piperazine rings is 1. The van der Waals surface area contributed by atoms with Gasteiger partial charge in [0.2, 0.25) is 5.91 Å². The van der Waals surface area contributed by atoms with Gasteiger partial charge in [0, 0.05) is 46.2 Å². The minimum atomic E-state index is 0.0324. The van der Waals surface area contributed by atoms with Gasteiger partial charge >= 0.3 is 0 Å². The Morgan fingerprint density at radius 2 is 2.14 bits per heavy atom. The van der Waals surface area contributed by atoms with E-state index in [1.807, 2.05) is 12.1 Å². The van der Waals surface area contributed by atoms with Gasteiger partial charge in [0.15, 0.2) is 5.13 Å². The number of hydrogen-bond acceptors (Lipinski definition) is 5. The van der Waals surface area contributed by atoms with Crippen molar-refractivity contribution in [3.8, 4) is 0 Å². The smallest absolute Gasteiger partial charge is 0.216 e. The summed E-state index contributed by atoms with van der Waals surface area (Å²) in [6.45, 7) is 7.06. The second-order valence-electron chi connectivity index (χ2n) is 5.39. The van der Waals surface area contributed by atoms with Crippen LogP contribution in [-0.4, -0.2) is 55.1 Å². The fraction of sp³-hybridized carbons (Fsp3) is 0.467. The molecule has 1 fully saturated rings. The van der Waals surface area contributed by atoms with Crippen molar-refractivity contribution in [3.63, 3.8) is 0 Å². The van der Waals surface area contributed by atoms with E-state index < -0.39 is 0 Å². The molecule has 1 aromatic heterocycles. The molecular formula is C15H19ClN4OS. The molecule has 2 heterocycles. The molecule has 0 radical (unpaired) electrons. The summed E-state index contributed by atoms with van der Waals surface area (Å²) < 4.78 is 1.13. The van der Waals surface area contributed by atoms with Crippen molar-refractivity contribution >= 4 is 44.2 Å². The molecule has 0 bridgehead atoms. The third-order valence-corrected chi connectivity index (χ3v) is 5.19. The van der Waals surface area contributed by atoms with Crippen LogP contribution in [0.25, 0.3) is 10.2 Å². The predicted octanol–water partition coefficient (Wildman–Crippen LogP) is 2.21. The Kier molecular flexibility index (Phi) is 4.81. The molecule has 0 atom stereocenters. The first-order valence-electron chi connectivity index (χ1n) is 7.40. The highest BCUT2D eigenvalue weighted by Crippen LogP contribution is 2.32. The molecule has 0 spiro atoms. The van der Waals surface area contributed by atoms with E-state index in [2.05, 4.69) is 26.2 Å². The summed E-state index contributed by atoms with van der Waals surface area (Å²) in [5.74, 6) is 0.0324. The summed E-state index contributed by atoms with van der Waals surface area (Å²) in [5, 5.41) is 4.60. The molecular weight excluding hydrogens is 320 g/mol. The van der Waals surface area contributed by atoms with Gasteiger partial charge in [-0.2, -0.15) is 0 Å². The number of carbonyl (C=O) groups is 1. The minimum absolute atomic E-state index is 0.0324. The number of amides is 1. The first-order valence-corrected chi connectivity index (χ1v) is 8.60. The lowest BCUT2D eigenvalue weighted by molar-refractivity contribution is -0.119. The summed E-state index contributed by atoms with van der Waals surface area (Å²) >= 11 is 7.89. The van der Waals surface area contributed by atoms with Gasteiger partial charge in [-0.05, 0) is 12.1 Å². The fourth-order valence-electron chi connectivity index (χ4n) is 2.59. The summed E-state index contributed by atoms with van der Waals surface area (Å²) in [4.78, 5) is 20.2. The average molecular weight is 339 g/mol. The Balaban J connectivity index is 1.58. The standard InChI is InChI=1S/C15H19ClN4OS/c1-11(21)17-5-6-19-7-9-20(10-8-19)15-18-14-12(16)3-2-4-13(14)22-15/h2-4H,5-10H2,1H3,(H,17,21). The van der Waals surface area contributed by atoms with Crippen molar-refractivity contribution in [2.75, 3.05) is 44.2 Å². The largest absolute Gasteiger partial charge is 0.355 e. The van der Waals surface area contributed by atoms with E-state index in [0.717, 1.165) is 48.1 Å². The van der Waals surface area contributed by atoms with Gasteiger partial charge in [0.05, 0.1) is 9.72 Å². The molecule has 7 heteroatoms. The SMILES string of the molecule is CC(=O)NCCN1CCN(c2nc3c(Cl)cccc3s2)CC1. The third kappa shape index (κ3) is 3.51. The molecule has 118 valence electrons. The van der Waals surface area contributed by atoms with Gasteiger partial charge in [-0.3, -0.25) is 9.69 Å². The van der Waals surface area contributed by atoms with Crippen LogP contribution in [-0.2, 0) is 4.79 Å². The quantitative estimate of drug-likeness (QED) is 0.928. The Hall–Kier alpha value is -1.37. The highest BCUT2D eigenvalue weighted by molar-refractivity contribution is 7.22. The first-order chi connectivity index (χ1) is 10.6. The van der Waals surface area contributed by atoms with Crippen molar-refractivity contribution in [1.82, 2.24) is 15.2 Å². The van der Waals surface area contributed by atoms with Crippen molar-refractivity contribution in [2.45, 2.75) is 6.92 Å². The Morgan fingerprint density at radius 3 is 2.82 bits per heavy atom. The number of carbonyl (C=O) groups excluding carboxylic acids is 1. The van der Waals surface area contributed by atoms with E-state index in [1.54, 1.807) is 18.3 Å². The maximum absolute atomic E-state index is 10.9. The van der Waals surface area contributed by atoms with Crippen LogP contribution in [0.5, 0.6) is 0 Å². The van der Waals surface area contributed by atoms with E-state index in [1.165, 1.54) is 0 Å². The van der Waals surface area contributed by atoms with Crippen LogP contribution in [0.3, 0.4) is 0 Å². The highest BCUT2D eigenvalue weighted by atomic mass is 35.5. The number of hydrogen-bond donors (Lipinski definition) is 1. The zero-order chi connectivity index (χ0) is 15.5. The van der Waals surface area contributed by atoms with Crippen molar-refractivity contribution in [1.29, 1.82) is 0 Å². The van der Waals surface area contributed by atoms with E-state index in [0.29, 0.717) is 11.6 Å². The zero-order valence-corrected chi connectivity index (χ0v) is 14.1. The third-order valence-electron chi connectivity index (χ3n) is 3.80. The Labute approximate surface area is 138 Å². The molecule has 1 aromatic carbocycles. The number of para-hydroxylation sites is 1. The predicted molar refractivity (Wildman–Crippen MR) is 92.0 cm³/mol. The molecule has 1 saturated heterocycles. The number of nitrogens with one attached hydrogen (secondary N) is 1. The Bertz CT molecular complexity index is 667. The average Bonchev–Trinajstić information content (AvgIpc) is 2.93. The molecule has 22 heavy (non-hydrogen) atoms. The lowest BCUT2D eigenvalue weighted by Crippen LogP contribution is -2.48. The van der Waals surface area contributed by atoms with Crippen LogP contribution in [0.4, 0.5) is 5.13 Å². The van der Waals surface area contributed by atoms with Gasteiger partial charge in [-0.25, -0.2) is 4.98 Å². The molecule has 1 aliphatic heterocycles. The molecule has 1 N–H and O–H groups in total. The molecule has 2 aromatic rings. The summed E-state index contributed by atoms with van der Waals surface area (Å²) in [6.07, 6.45) is 0. The van der Waals surface area contributed by atoms with Crippen molar-refractivity contribution in [2.24, 2.45) is 0 Å². The zero-order valence-electron chi connectivity index (χ0n) is 12.5. The van der Waals surface area contributed by atoms with E-state index in [9.17, 15) is 4.79 Å². The van der Waals surface area contributed by atoms with Gasteiger partial charge in [0.25, 0.3) is 0 Å². The molecule has 3 rings (SSSR count). The number of halogens is 1. The second kappa shape index (κ2) is 6.81. The Morgan fingerprint density at radius 1 is 1.36 bits per heavy atom. The van der Waals surface area contributed by atoms with Crippen LogP contribution in [0, 0.1) is 0 Å². The molecule has 0 aliphatic carbocycles. The van der Waals surface area contributed by atoms with E-state index in [-0.39, 0.29) is 5.91 Å². The summed E-state index contributed by atoms with van der Waals surface area (Å²) in [5.41, 5.74) is 0.900. The minimum Gasteiger partial charge on any atom is -0.355 e. The number of rotatable bonds is 4. The fourth-order valence-corrected chi connectivity index (χ4v) is 3.91. The van der Waals surface area contributed by atoms with Crippen LogP contribution >= 0.6 is 22.9 Å². The number of thiazole rings is 1. The van der Waals surface area contributed by atoms with Gasteiger partial charge in [-0.1, -0.05) is 29.0 Å². The molecule has 1 amide bonds. The molecule has 0 unspecified atom stereocenters. The van der Waals surface area contributed by atoms with Crippen molar-refractivity contribution in [3.05, 3.63) is 23.2 Å².